The zero-order valence-corrected chi connectivity index (χ0v) is 14.3. The number of rotatable bonds is 3. The molecule has 1 aliphatic heterocycles. The molecule has 0 aliphatic carbocycles. The van der Waals surface area contributed by atoms with Gasteiger partial charge in [0, 0.05) is 19.2 Å². The normalized spacial score (nSPS) is 13.7. The van der Waals surface area contributed by atoms with E-state index in [4.69, 9.17) is 11.6 Å². The largest absolute Gasteiger partial charge is 0.312 e. The molecular weight excluding hydrogens is 355 g/mol. The van der Waals surface area contributed by atoms with Gasteiger partial charge in [0.15, 0.2) is 0 Å². The fraction of sp³-hybridized carbons (Fsp3) is 0.188. The van der Waals surface area contributed by atoms with E-state index in [0.717, 1.165) is 17.3 Å². The van der Waals surface area contributed by atoms with Crippen LogP contribution in [0.3, 0.4) is 0 Å². The zero-order chi connectivity index (χ0) is 17.5. The van der Waals surface area contributed by atoms with Crippen molar-refractivity contribution in [2.45, 2.75) is 18.2 Å². The number of amides is 1. The van der Waals surface area contributed by atoms with Crippen LogP contribution in [0.4, 0.5) is 15.8 Å². The minimum Gasteiger partial charge on any atom is -0.312 e. The molecule has 24 heavy (non-hydrogen) atoms. The van der Waals surface area contributed by atoms with E-state index >= 15 is 0 Å². The number of nitrogens with zero attached hydrogens (tertiary/aromatic N) is 1. The minimum absolute atomic E-state index is 0.0760. The van der Waals surface area contributed by atoms with E-state index in [2.05, 4.69) is 4.72 Å². The number of carbonyl (C=O) groups excluding carboxylic acids is 1. The van der Waals surface area contributed by atoms with E-state index in [0.29, 0.717) is 13.0 Å². The van der Waals surface area contributed by atoms with Crippen LogP contribution in [0.2, 0.25) is 5.02 Å². The van der Waals surface area contributed by atoms with E-state index in [1.54, 1.807) is 17.0 Å². The fourth-order valence-corrected chi connectivity index (χ4v) is 3.93. The highest BCUT2D eigenvalue weighted by Gasteiger charge is 2.24. The van der Waals surface area contributed by atoms with Gasteiger partial charge in [-0.1, -0.05) is 11.6 Å². The molecule has 0 fully saturated rings. The molecule has 126 valence electrons. The van der Waals surface area contributed by atoms with Gasteiger partial charge in [0.2, 0.25) is 5.91 Å². The summed E-state index contributed by atoms with van der Waals surface area (Å²) in [5.41, 5.74) is 1.70. The SMILES string of the molecule is CC(=O)N1CCc2cc(S(=O)(=O)Nc3ccc(F)c(Cl)c3)ccc21. The van der Waals surface area contributed by atoms with Gasteiger partial charge in [-0.25, -0.2) is 12.8 Å². The van der Waals surface area contributed by atoms with Crippen LogP contribution in [0.15, 0.2) is 41.3 Å². The van der Waals surface area contributed by atoms with Crippen molar-refractivity contribution in [2.24, 2.45) is 0 Å². The number of hydrogen-bond acceptors (Lipinski definition) is 3. The highest BCUT2D eigenvalue weighted by molar-refractivity contribution is 7.92. The zero-order valence-electron chi connectivity index (χ0n) is 12.7. The number of nitrogens with one attached hydrogen (secondary N) is 1. The predicted molar refractivity (Wildman–Crippen MR) is 90.4 cm³/mol. The highest BCUT2D eigenvalue weighted by atomic mass is 35.5. The first-order valence-electron chi connectivity index (χ1n) is 7.17. The summed E-state index contributed by atoms with van der Waals surface area (Å²) in [6, 6.07) is 8.20. The monoisotopic (exact) mass is 368 g/mol. The molecule has 1 N–H and O–H groups in total. The second-order valence-electron chi connectivity index (χ2n) is 5.45. The van der Waals surface area contributed by atoms with Crippen LogP contribution < -0.4 is 9.62 Å². The maximum absolute atomic E-state index is 13.2. The summed E-state index contributed by atoms with van der Waals surface area (Å²) in [6.07, 6.45) is 0.598. The Labute approximate surface area is 144 Å². The third kappa shape index (κ3) is 3.09. The molecule has 1 aliphatic rings. The molecule has 2 aromatic carbocycles. The van der Waals surface area contributed by atoms with Gasteiger partial charge < -0.3 is 4.90 Å². The van der Waals surface area contributed by atoms with Crippen molar-refractivity contribution in [1.29, 1.82) is 0 Å². The first-order valence-corrected chi connectivity index (χ1v) is 9.03. The average Bonchev–Trinajstić information content (AvgIpc) is 2.94. The minimum atomic E-state index is -3.84. The lowest BCUT2D eigenvalue weighted by Gasteiger charge is -2.15. The van der Waals surface area contributed by atoms with Gasteiger partial charge in [0.25, 0.3) is 10.0 Å². The Balaban J connectivity index is 1.91. The molecule has 1 heterocycles. The number of halogens is 2. The summed E-state index contributed by atoms with van der Waals surface area (Å²) in [5.74, 6) is -0.704. The van der Waals surface area contributed by atoms with Crippen molar-refractivity contribution in [3.63, 3.8) is 0 Å². The number of fused-ring (bicyclic) bond motifs is 1. The lowest BCUT2D eigenvalue weighted by molar-refractivity contribution is -0.116. The van der Waals surface area contributed by atoms with E-state index in [1.165, 1.54) is 25.1 Å². The van der Waals surface area contributed by atoms with Gasteiger partial charge in [-0.2, -0.15) is 0 Å². The van der Waals surface area contributed by atoms with E-state index in [1.807, 2.05) is 0 Å². The Morgan fingerprint density at radius 2 is 2.00 bits per heavy atom. The summed E-state index contributed by atoms with van der Waals surface area (Å²) in [7, 11) is -3.84. The highest BCUT2D eigenvalue weighted by Crippen LogP contribution is 2.31. The molecular formula is C16H14ClFN2O3S. The van der Waals surface area contributed by atoms with Crippen molar-refractivity contribution in [3.05, 3.63) is 52.8 Å². The van der Waals surface area contributed by atoms with Crippen LogP contribution in [0, 0.1) is 5.82 Å². The third-order valence-corrected chi connectivity index (χ3v) is 5.48. The van der Waals surface area contributed by atoms with Crippen molar-refractivity contribution >= 4 is 38.9 Å². The summed E-state index contributed by atoms with van der Waals surface area (Å²) in [5, 5.41) is -0.166. The van der Waals surface area contributed by atoms with E-state index in [9.17, 15) is 17.6 Å². The van der Waals surface area contributed by atoms with Gasteiger partial charge in [0.1, 0.15) is 5.82 Å². The standard InChI is InChI=1S/C16H14ClFN2O3S/c1-10(21)20-7-6-11-8-13(3-5-16(11)20)24(22,23)19-12-2-4-15(18)14(17)9-12/h2-5,8-9,19H,6-7H2,1H3. The molecule has 0 atom stereocenters. The molecule has 0 bridgehead atoms. The summed E-state index contributed by atoms with van der Waals surface area (Å²) in [6.45, 7) is 2.01. The van der Waals surface area contributed by atoms with Crippen LogP contribution in [-0.4, -0.2) is 20.9 Å². The average molecular weight is 369 g/mol. The Morgan fingerprint density at radius 1 is 1.25 bits per heavy atom. The molecule has 0 saturated heterocycles. The molecule has 2 aromatic rings. The van der Waals surface area contributed by atoms with Gasteiger partial charge in [-0.3, -0.25) is 9.52 Å². The lowest BCUT2D eigenvalue weighted by atomic mass is 10.2. The van der Waals surface area contributed by atoms with Gasteiger partial charge >= 0.3 is 0 Å². The maximum atomic E-state index is 13.2. The van der Waals surface area contributed by atoms with Crippen LogP contribution in [0.5, 0.6) is 0 Å². The number of sulfonamides is 1. The maximum Gasteiger partial charge on any atom is 0.261 e. The molecule has 0 radical (unpaired) electrons. The van der Waals surface area contributed by atoms with Crippen LogP contribution in [0.1, 0.15) is 12.5 Å². The van der Waals surface area contributed by atoms with Gasteiger partial charge in [-0.05, 0) is 48.4 Å². The summed E-state index contributed by atoms with van der Waals surface area (Å²) >= 11 is 5.66. The Hall–Kier alpha value is -2.12. The van der Waals surface area contributed by atoms with E-state index < -0.39 is 15.8 Å². The molecule has 1 amide bonds. The first kappa shape index (κ1) is 16.7. The molecule has 0 aromatic heterocycles. The molecule has 0 unspecified atom stereocenters. The van der Waals surface area contributed by atoms with Crippen molar-refractivity contribution < 1.29 is 17.6 Å². The second kappa shape index (κ2) is 6.07. The summed E-state index contributed by atoms with van der Waals surface area (Å²) in [4.78, 5) is 13.2. The van der Waals surface area contributed by atoms with Gasteiger partial charge in [0.05, 0.1) is 15.6 Å². The fourth-order valence-electron chi connectivity index (χ4n) is 2.65. The first-order chi connectivity index (χ1) is 11.3. The van der Waals surface area contributed by atoms with Crippen molar-refractivity contribution in [2.75, 3.05) is 16.2 Å². The van der Waals surface area contributed by atoms with Crippen LogP contribution >= 0.6 is 11.6 Å². The van der Waals surface area contributed by atoms with E-state index in [-0.39, 0.29) is 21.5 Å². The Kier molecular flexibility index (Phi) is 4.23. The number of benzene rings is 2. The summed E-state index contributed by atoms with van der Waals surface area (Å²) < 4.78 is 40.5. The molecule has 5 nitrogen and oxygen atoms in total. The van der Waals surface area contributed by atoms with Crippen LogP contribution in [0.25, 0.3) is 0 Å². The quantitative estimate of drug-likeness (QED) is 0.904. The molecule has 0 saturated carbocycles. The van der Waals surface area contributed by atoms with Crippen molar-refractivity contribution in [1.82, 2.24) is 0 Å². The molecule has 3 rings (SSSR count). The lowest BCUT2D eigenvalue weighted by Crippen LogP contribution is -2.25. The topological polar surface area (TPSA) is 66.5 Å². The molecule has 0 spiro atoms. The second-order valence-corrected chi connectivity index (χ2v) is 7.54. The number of hydrogen-bond donors (Lipinski definition) is 1. The van der Waals surface area contributed by atoms with Gasteiger partial charge in [-0.15, -0.1) is 0 Å². The predicted octanol–water partition coefficient (Wildman–Crippen LogP) is 3.19. The number of anilines is 2. The third-order valence-electron chi connectivity index (χ3n) is 3.81. The number of carbonyl (C=O) groups is 1. The Morgan fingerprint density at radius 3 is 2.67 bits per heavy atom. The Bertz CT molecular complexity index is 931. The molecule has 8 heteroatoms. The van der Waals surface area contributed by atoms with Crippen LogP contribution in [-0.2, 0) is 21.2 Å². The smallest absolute Gasteiger partial charge is 0.261 e. The van der Waals surface area contributed by atoms with Crippen molar-refractivity contribution in [3.8, 4) is 0 Å².